The van der Waals surface area contributed by atoms with E-state index >= 15 is 0 Å². The van der Waals surface area contributed by atoms with Crippen molar-refractivity contribution in [1.29, 1.82) is 0 Å². The SMILES string of the molecule is NC1c2ccccc2CCCC1S(=O)(=O)CC1CCCC1. The highest BCUT2D eigenvalue weighted by Gasteiger charge is 2.36. The number of nitrogens with two attached hydrogens (primary N) is 1. The molecule has 116 valence electrons. The third-order valence-electron chi connectivity index (χ3n) is 5.15. The van der Waals surface area contributed by atoms with Gasteiger partial charge in [0.15, 0.2) is 9.84 Å². The van der Waals surface area contributed by atoms with Crippen LogP contribution in [0.4, 0.5) is 0 Å². The molecule has 2 atom stereocenters. The lowest BCUT2D eigenvalue weighted by atomic mass is 10.00. The van der Waals surface area contributed by atoms with Crippen molar-refractivity contribution in [3.8, 4) is 0 Å². The minimum absolute atomic E-state index is 0.341. The molecule has 0 spiro atoms. The molecule has 2 aliphatic rings. The second kappa shape index (κ2) is 6.09. The lowest BCUT2D eigenvalue weighted by Gasteiger charge is -2.24. The van der Waals surface area contributed by atoms with E-state index in [0.29, 0.717) is 18.1 Å². The third-order valence-corrected chi connectivity index (χ3v) is 7.54. The normalized spacial score (nSPS) is 27.3. The summed E-state index contributed by atoms with van der Waals surface area (Å²) in [6, 6.07) is 7.70. The van der Waals surface area contributed by atoms with E-state index in [2.05, 4.69) is 6.07 Å². The number of rotatable bonds is 3. The van der Waals surface area contributed by atoms with Crippen LogP contribution in [0.1, 0.15) is 55.7 Å². The van der Waals surface area contributed by atoms with Crippen molar-refractivity contribution >= 4 is 9.84 Å². The Morgan fingerprint density at radius 2 is 1.76 bits per heavy atom. The van der Waals surface area contributed by atoms with Crippen LogP contribution < -0.4 is 5.73 Å². The van der Waals surface area contributed by atoms with Gasteiger partial charge in [0, 0.05) is 6.04 Å². The molecule has 3 nitrogen and oxygen atoms in total. The maximum Gasteiger partial charge on any atom is 0.155 e. The van der Waals surface area contributed by atoms with Gasteiger partial charge >= 0.3 is 0 Å². The number of hydrogen-bond donors (Lipinski definition) is 1. The van der Waals surface area contributed by atoms with E-state index in [-0.39, 0.29) is 6.04 Å². The van der Waals surface area contributed by atoms with E-state index in [9.17, 15) is 8.42 Å². The first-order chi connectivity index (χ1) is 10.1. The van der Waals surface area contributed by atoms with E-state index in [0.717, 1.165) is 31.2 Å². The molecule has 0 bridgehead atoms. The van der Waals surface area contributed by atoms with Gasteiger partial charge in [-0.15, -0.1) is 0 Å². The van der Waals surface area contributed by atoms with E-state index in [4.69, 9.17) is 5.73 Å². The number of hydrogen-bond acceptors (Lipinski definition) is 3. The fourth-order valence-electron chi connectivity index (χ4n) is 3.99. The van der Waals surface area contributed by atoms with Gasteiger partial charge in [0.25, 0.3) is 0 Å². The molecule has 0 aromatic heterocycles. The van der Waals surface area contributed by atoms with Crippen LogP contribution in [0.15, 0.2) is 24.3 Å². The highest BCUT2D eigenvalue weighted by molar-refractivity contribution is 7.92. The van der Waals surface area contributed by atoms with Gasteiger partial charge in [0.2, 0.25) is 0 Å². The molecule has 4 heteroatoms. The van der Waals surface area contributed by atoms with Crippen molar-refractivity contribution in [2.24, 2.45) is 11.7 Å². The Balaban J connectivity index is 1.84. The molecule has 2 N–H and O–H groups in total. The number of fused-ring (bicyclic) bond motifs is 1. The van der Waals surface area contributed by atoms with Crippen molar-refractivity contribution in [3.05, 3.63) is 35.4 Å². The summed E-state index contributed by atoms with van der Waals surface area (Å²) in [6.45, 7) is 0. The average Bonchev–Trinajstić information content (AvgIpc) is 2.88. The summed E-state index contributed by atoms with van der Waals surface area (Å²) in [5.74, 6) is 0.703. The standard InChI is InChI=1S/C17H25NO2S/c18-17-15-10-4-3-8-14(15)9-5-11-16(17)21(19,20)12-13-6-1-2-7-13/h3-4,8,10,13,16-17H,1-2,5-7,9,11-12,18H2. The topological polar surface area (TPSA) is 60.2 Å². The summed E-state index contributed by atoms with van der Waals surface area (Å²) in [6.07, 6.45) is 7.05. The molecule has 0 amide bonds. The van der Waals surface area contributed by atoms with E-state index in [1.807, 2.05) is 18.2 Å². The largest absolute Gasteiger partial charge is 0.323 e. The maximum atomic E-state index is 12.8. The van der Waals surface area contributed by atoms with Crippen LogP contribution >= 0.6 is 0 Å². The van der Waals surface area contributed by atoms with Crippen LogP contribution in [0, 0.1) is 5.92 Å². The molecular formula is C17H25NO2S. The van der Waals surface area contributed by atoms with Crippen LogP contribution in [0.2, 0.25) is 0 Å². The second-order valence-corrected chi connectivity index (χ2v) is 8.90. The Morgan fingerprint density at radius 3 is 2.52 bits per heavy atom. The minimum Gasteiger partial charge on any atom is -0.323 e. The smallest absolute Gasteiger partial charge is 0.155 e. The molecular weight excluding hydrogens is 282 g/mol. The Hall–Kier alpha value is -0.870. The lowest BCUT2D eigenvalue weighted by molar-refractivity contribution is 0.519. The summed E-state index contributed by atoms with van der Waals surface area (Å²) in [7, 11) is -3.11. The summed E-state index contributed by atoms with van der Waals surface area (Å²) >= 11 is 0. The van der Waals surface area contributed by atoms with Crippen molar-refractivity contribution in [2.75, 3.05) is 5.75 Å². The Kier molecular flexibility index (Phi) is 4.36. The van der Waals surface area contributed by atoms with Crippen molar-refractivity contribution in [2.45, 2.75) is 56.2 Å². The van der Waals surface area contributed by atoms with Gasteiger partial charge in [-0.1, -0.05) is 37.1 Å². The zero-order chi connectivity index (χ0) is 14.9. The van der Waals surface area contributed by atoms with Crippen LogP contribution in [-0.2, 0) is 16.3 Å². The number of aryl methyl sites for hydroxylation is 1. The molecule has 0 saturated heterocycles. The van der Waals surface area contributed by atoms with Gasteiger partial charge in [-0.2, -0.15) is 0 Å². The first-order valence-corrected chi connectivity index (χ1v) is 9.84. The molecule has 0 heterocycles. The first kappa shape index (κ1) is 15.0. The summed E-state index contributed by atoms with van der Waals surface area (Å²) in [4.78, 5) is 0. The second-order valence-electron chi connectivity index (χ2n) is 6.64. The van der Waals surface area contributed by atoms with Crippen LogP contribution in [0.5, 0.6) is 0 Å². The predicted molar refractivity (Wildman–Crippen MR) is 85.8 cm³/mol. The highest BCUT2D eigenvalue weighted by atomic mass is 32.2. The zero-order valence-electron chi connectivity index (χ0n) is 12.5. The first-order valence-electron chi connectivity index (χ1n) is 8.13. The molecule has 1 saturated carbocycles. The van der Waals surface area contributed by atoms with Gasteiger partial charge < -0.3 is 5.73 Å². The fraction of sp³-hybridized carbons (Fsp3) is 0.647. The van der Waals surface area contributed by atoms with Crippen LogP contribution in [0.25, 0.3) is 0 Å². The quantitative estimate of drug-likeness (QED) is 0.873. The molecule has 0 radical (unpaired) electrons. The summed E-state index contributed by atoms with van der Waals surface area (Å²) in [5.41, 5.74) is 8.63. The fourth-order valence-corrected chi connectivity index (χ4v) is 6.35. The lowest BCUT2D eigenvalue weighted by Crippen LogP contribution is -2.36. The molecule has 2 aliphatic carbocycles. The van der Waals surface area contributed by atoms with Gasteiger partial charge in [-0.25, -0.2) is 8.42 Å². The molecule has 0 aliphatic heterocycles. The van der Waals surface area contributed by atoms with Gasteiger partial charge in [-0.05, 0) is 49.1 Å². The molecule has 1 aromatic rings. The zero-order valence-corrected chi connectivity index (χ0v) is 13.3. The molecule has 3 rings (SSSR count). The minimum atomic E-state index is -3.11. The average molecular weight is 307 g/mol. The Bertz CT molecular complexity index is 591. The number of benzene rings is 1. The number of sulfone groups is 1. The Morgan fingerprint density at radius 1 is 1.05 bits per heavy atom. The molecule has 1 fully saturated rings. The Labute approximate surface area is 127 Å². The van der Waals surface area contributed by atoms with Gasteiger partial charge in [-0.3, -0.25) is 0 Å². The third kappa shape index (κ3) is 3.16. The van der Waals surface area contributed by atoms with E-state index in [1.165, 1.54) is 18.4 Å². The van der Waals surface area contributed by atoms with E-state index in [1.54, 1.807) is 0 Å². The highest BCUT2D eigenvalue weighted by Crippen LogP contribution is 2.34. The van der Waals surface area contributed by atoms with Crippen LogP contribution in [0.3, 0.4) is 0 Å². The van der Waals surface area contributed by atoms with Crippen molar-refractivity contribution < 1.29 is 8.42 Å². The molecule has 21 heavy (non-hydrogen) atoms. The van der Waals surface area contributed by atoms with Crippen LogP contribution in [-0.4, -0.2) is 19.4 Å². The van der Waals surface area contributed by atoms with E-state index < -0.39 is 15.1 Å². The monoisotopic (exact) mass is 307 g/mol. The van der Waals surface area contributed by atoms with Crippen molar-refractivity contribution in [1.82, 2.24) is 0 Å². The van der Waals surface area contributed by atoms with Crippen molar-refractivity contribution in [3.63, 3.8) is 0 Å². The van der Waals surface area contributed by atoms with Gasteiger partial charge in [0.05, 0.1) is 11.0 Å². The van der Waals surface area contributed by atoms with Gasteiger partial charge in [0.1, 0.15) is 0 Å². The summed E-state index contributed by atoms with van der Waals surface area (Å²) < 4.78 is 25.7. The predicted octanol–water partition coefficient (Wildman–Crippen LogP) is 3.00. The molecule has 1 aromatic carbocycles. The maximum absolute atomic E-state index is 12.8. The summed E-state index contributed by atoms with van der Waals surface area (Å²) in [5, 5.41) is -0.401. The molecule has 2 unspecified atom stereocenters.